The van der Waals surface area contributed by atoms with Crippen molar-refractivity contribution in [3.63, 3.8) is 0 Å². The summed E-state index contributed by atoms with van der Waals surface area (Å²) in [4.78, 5) is 19.7. The lowest BCUT2D eigenvalue weighted by Crippen LogP contribution is -2.39. The van der Waals surface area contributed by atoms with Gasteiger partial charge in [-0.05, 0) is 26.4 Å². The van der Waals surface area contributed by atoms with Gasteiger partial charge in [-0.2, -0.15) is 4.98 Å². The van der Waals surface area contributed by atoms with Gasteiger partial charge in [0, 0.05) is 19.6 Å². The van der Waals surface area contributed by atoms with Crippen LogP contribution in [-0.2, 0) is 0 Å². The molecule has 7 heteroatoms. The molecule has 1 atom stereocenters. The number of carbonyl (C=O) groups excluding carboxylic acids is 1. The molecule has 0 aromatic carbocycles. The molecule has 17 heavy (non-hydrogen) atoms. The third-order valence-electron chi connectivity index (χ3n) is 3.21. The molecule has 94 valence electrons. The maximum Gasteiger partial charge on any atom is 0.291 e. The van der Waals surface area contributed by atoms with E-state index in [-0.39, 0.29) is 17.7 Å². The van der Waals surface area contributed by atoms with Crippen LogP contribution >= 0.6 is 0 Å². The molecule has 2 rings (SSSR count). The van der Waals surface area contributed by atoms with Gasteiger partial charge in [0.05, 0.1) is 0 Å². The van der Waals surface area contributed by atoms with Crippen LogP contribution in [0.5, 0.6) is 0 Å². The zero-order valence-electron chi connectivity index (χ0n) is 10.2. The third-order valence-corrected chi connectivity index (χ3v) is 3.21. The number of amides is 1. The van der Waals surface area contributed by atoms with Crippen molar-refractivity contribution >= 4 is 11.9 Å². The van der Waals surface area contributed by atoms with Gasteiger partial charge in [-0.1, -0.05) is 0 Å². The van der Waals surface area contributed by atoms with Gasteiger partial charge in [0.15, 0.2) is 0 Å². The number of likely N-dealkylation sites (N-methyl/N-ethyl adjacent to an activating group) is 2. The van der Waals surface area contributed by atoms with E-state index in [0.29, 0.717) is 12.6 Å². The minimum Gasteiger partial charge on any atom is -0.366 e. The molecule has 1 amide bonds. The highest BCUT2D eigenvalue weighted by Gasteiger charge is 2.25. The van der Waals surface area contributed by atoms with Gasteiger partial charge in [-0.3, -0.25) is 9.89 Å². The summed E-state index contributed by atoms with van der Waals surface area (Å²) in [6.07, 6.45) is 2.32. The van der Waals surface area contributed by atoms with Crippen LogP contribution in [0.1, 0.15) is 23.5 Å². The predicted molar refractivity (Wildman–Crippen MR) is 63.4 cm³/mol. The topological polar surface area (TPSA) is 91.1 Å². The zero-order chi connectivity index (χ0) is 12.4. The molecule has 0 saturated carbocycles. The number of likely N-dealkylation sites (tertiary alicyclic amines) is 1. The number of hydrogen-bond acceptors (Lipinski definition) is 5. The number of nitrogen functional groups attached to an aromatic ring is 1. The van der Waals surface area contributed by atoms with E-state index < -0.39 is 0 Å². The van der Waals surface area contributed by atoms with Crippen molar-refractivity contribution in [2.24, 2.45) is 0 Å². The Hall–Kier alpha value is -1.63. The number of nitrogens with one attached hydrogen (secondary N) is 1. The van der Waals surface area contributed by atoms with Crippen molar-refractivity contribution < 1.29 is 4.79 Å². The van der Waals surface area contributed by atoms with E-state index in [1.165, 1.54) is 6.42 Å². The molecule has 1 fully saturated rings. The van der Waals surface area contributed by atoms with Crippen LogP contribution in [0, 0.1) is 0 Å². The molecule has 0 radical (unpaired) electrons. The Labute approximate surface area is 100.0 Å². The number of hydrogen-bond donors (Lipinski definition) is 2. The maximum absolute atomic E-state index is 12.0. The summed E-state index contributed by atoms with van der Waals surface area (Å²) in [5.41, 5.74) is 5.37. The molecular formula is C10H18N6O. The van der Waals surface area contributed by atoms with Crippen LogP contribution in [-0.4, -0.2) is 64.1 Å². The molecule has 0 aliphatic carbocycles. The van der Waals surface area contributed by atoms with E-state index in [1.54, 1.807) is 11.9 Å². The first kappa shape index (κ1) is 11.8. The van der Waals surface area contributed by atoms with Crippen molar-refractivity contribution in [3.05, 3.63) is 5.82 Å². The Morgan fingerprint density at radius 2 is 2.47 bits per heavy atom. The average Bonchev–Trinajstić information content (AvgIpc) is 2.88. The molecule has 2 heterocycles. The Balaban J connectivity index is 1.95. The molecule has 1 unspecified atom stereocenters. The summed E-state index contributed by atoms with van der Waals surface area (Å²) in [5.74, 6) is 0.125. The first-order valence-corrected chi connectivity index (χ1v) is 5.71. The number of anilines is 1. The van der Waals surface area contributed by atoms with Crippen molar-refractivity contribution in [1.82, 2.24) is 25.0 Å². The second kappa shape index (κ2) is 4.70. The lowest BCUT2D eigenvalue weighted by molar-refractivity contribution is 0.0750. The molecule has 7 nitrogen and oxygen atoms in total. The first-order chi connectivity index (χ1) is 8.08. The lowest BCUT2D eigenvalue weighted by Gasteiger charge is -2.25. The van der Waals surface area contributed by atoms with Gasteiger partial charge in [-0.15, -0.1) is 5.10 Å². The predicted octanol–water partition coefficient (Wildman–Crippen LogP) is -0.447. The molecule has 0 bridgehead atoms. The first-order valence-electron chi connectivity index (χ1n) is 5.71. The monoisotopic (exact) mass is 238 g/mol. The largest absolute Gasteiger partial charge is 0.366 e. The summed E-state index contributed by atoms with van der Waals surface area (Å²) in [6.45, 7) is 1.80. The quantitative estimate of drug-likeness (QED) is 0.744. The maximum atomic E-state index is 12.0. The Morgan fingerprint density at radius 3 is 3.00 bits per heavy atom. The highest BCUT2D eigenvalue weighted by molar-refractivity contribution is 5.90. The summed E-state index contributed by atoms with van der Waals surface area (Å²) < 4.78 is 0. The molecule has 1 saturated heterocycles. The van der Waals surface area contributed by atoms with Gasteiger partial charge < -0.3 is 15.5 Å². The van der Waals surface area contributed by atoms with Gasteiger partial charge in [-0.25, -0.2) is 0 Å². The van der Waals surface area contributed by atoms with Crippen LogP contribution in [0.15, 0.2) is 0 Å². The van der Waals surface area contributed by atoms with Gasteiger partial charge in [0.25, 0.3) is 5.91 Å². The number of aromatic nitrogens is 3. The summed E-state index contributed by atoms with van der Waals surface area (Å²) in [5, 5.41) is 6.18. The van der Waals surface area contributed by atoms with E-state index >= 15 is 0 Å². The van der Waals surface area contributed by atoms with E-state index in [1.807, 2.05) is 0 Å². The molecule has 0 spiro atoms. The van der Waals surface area contributed by atoms with Crippen molar-refractivity contribution in [2.45, 2.75) is 18.9 Å². The van der Waals surface area contributed by atoms with E-state index in [0.717, 1.165) is 13.0 Å². The van der Waals surface area contributed by atoms with Crippen LogP contribution < -0.4 is 5.73 Å². The van der Waals surface area contributed by atoms with Crippen molar-refractivity contribution in [2.75, 3.05) is 32.9 Å². The minimum atomic E-state index is -0.172. The molecule has 1 aliphatic rings. The molecule has 1 aromatic heterocycles. The number of nitrogens with zero attached hydrogens (tertiary/aromatic N) is 4. The fraction of sp³-hybridized carbons (Fsp3) is 0.700. The number of carbonyl (C=O) groups is 1. The molecular weight excluding hydrogens is 220 g/mol. The fourth-order valence-corrected chi connectivity index (χ4v) is 2.16. The summed E-state index contributed by atoms with van der Waals surface area (Å²) in [6, 6.07) is 0.434. The zero-order valence-corrected chi connectivity index (χ0v) is 10.2. The Bertz CT molecular complexity index is 403. The van der Waals surface area contributed by atoms with Gasteiger partial charge >= 0.3 is 0 Å². The average molecular weight is 238 g/mol. The highest BCUT2D eigenvalue weighted by Crippen LogP contribution is 2.15. The van der Waals surface area contributed by atoms with Gasteiger partial charge in [0.1, 0.15) is 0 Å². The standard InChI is InChI=1S/C10H18N6O/c1-15-5-3-4-7(15)6-16(2)9(17)8-12-10(11)14-13-8/h7H,3-6H2,1-2H3,(H3,11,12,13,14). The number of nitrogens with two attached hydrogens (primary N) is 1. The SMILES string of the molecule is CN(CC1CCCN1C)C(=O)c1nc(N)n[nH]1. The molecule has 1 aromatic rings. The smallest absolute Gasteiger partial charge is 0.291 e. The molecule has 3 N–H and O–H groups in total. The third kappa shape index (κ3) is 2.55. The normalized spacial score (nSPS) is 20.7. The lowest BCUT2D eigenvalue weighted by atomic mass is 10.2. The summed E-state index contributed by atoms with van der Waals surface area (Å²) in [7, 11) is 3.86. The number of H-pyrrole nitrogens is 1. The second-order valence-electron chi connectivity index (χ2n) is 4.50. The minimum absolute atomic E-state index is 0.0970. The van der Waals surface area contributed by atoms with E-state index in [9.17, 15) is 4.79 Å². The summed E-state index contributed by atoms with van der Waals surface area (Å²) >= 11 is 0. The van der Waals surface area contributed by atoms with E-state index in [4.69, 9.17) is 5.73 Å². The van der Waals surface area contributed by atoms with E-state index in [2.05, 4.69) is 27.1 Å². The van der Waals surface area contributed by atoms with Crippen molar-refractivity contribution in [3.8, 4) is 0 Å². The van der Waals surface area contributed by atoms with Crippen LogP contribution in [0.3, 0.4) is 0 Å². The second-order valence-corrected chi connectivity index (χ2v) is 4.50. The highest BCUT2D eigenvalue weighted by atomic mass is 16.2. The van der Waals surface area contributed by atoms with Crippen LogP contribution in [0.2, 0.25) is 0 Å². The van der Waals surface area contributed by atoms with Crippen LogP contribution in [0.25, 0.3) is 0 Å². The van der Waals surface area contributed by atoms with Crippen molar-refractivity contribution in [1.29, 1.82) is 0 Å². The molecule has 1 aliphatic heterocycles. The Kier molecular flexibility index (Phi) is 3.28. The number of aromatic amines is 1. The van der Waals surface area contributed by atoms with Gasteiger partial charge in [0.2, 0.25) is 11.8 Å². The fourth-order valence-electron chi connectivity index (χ4n) is 2.16. The Morgan fingerprint density at radius 1 is 1.71 bits per heavy atom. The number of rotatable bonds is 3. The van der Waals surface area contributed by atoms with Crippen LogP contribution in [0.4, 0.5) is 5.95 Å².